The van der Waals surface area contributed by atoms with Gasteiger partial charge in [-0.15, -0.1) is 0 Å². The lowest BCUT2D eigenvalue weighted by Gasteiger charge is -2.07. The van der Waals surface area contributed by atoms with Gasteiger partial charge in [-0.1, -0.05) is 35.0 Å². The Labute approximate surface area is 184 Å². The van der Waals surface area contributed by atoms with Gasteiger partial charge in [-0.2, -0.15) is 0 Å². The van der Waals surface area contributed by atoms with Gasteiger partial charge in [-0.25, -0.2) is 0 Å². The van der Waals surface area contributed by atoms with Crippen LogP contribution in [0, 0.1) is 0 Å². The van der Waals surface area contributed by atoms with E-state index in [4.69, 9.17) is 20.9 Å². The smallest absolute Gasteiger partial charge is 0.239 e. The van der Waals surface area contributed by atoms with Gasteiger partial charge in [0.15, 0.2) is 0 Å². The third-order valence-corrected chi connectivity index (χ3v) is 5.23. The van der Waals surface area contributed by atoms with Crippen LogP contribution in [0.25, 0.3) is 22.4 Å². The molecule has 2 aromatic carbocycles. The van der Waals surface area contributed by atoms with Crippen molar-refractivity contribution in [3.63, 3.8) is 0 Å². The van der Waals surface area contributed by atoms with Crippen molar-refractivity contribution in [2.24, 2.45) is 0 Å². The summed E-state index contributed by atoms with van der Waals surface area (Å²) in [6.07, 6.45) is 4.15. The molecular formula is C24H20ClN3O3. The van der Waals surface area contributed by atoms with Crippen LogP contribution >= 0.6 is 11.6 Å². The number of carbonyl (C=O) groups excluding carboxylic acids is 1. The first kappa shape index (κ1) is 20.6. The van der Waals surface area contributed by atoms with Crippen LogP contribution < -0.4 is 10.1 Å². The number of aromatic nitrogens is 2. The van der Waals surface area contributed by atoms with Crippen LogP contribution in [0.15, 0.2) is 77.6 Å². The molecule has 0 spiro atoms. The number of ether oxygens (including phenoxy) is 1. The highest BCUT2D eigenvalue weighted by Gasteiger charge is 2.21. The Morgan fingerprint density at radius 2 is 1.77 bits per heavy atom. The number of amides is 1. The van der Waals surface area contributed by atoms with Gasteiger partial charge in [0.2, 0.25) is 11.8 Å². The van der Waals surface area contributed by atoms with Crippen molar-refractivity contribution in [1.29, 1.82) is 0 Å². The molecule has 7 heteroatoms. The number of carbonyl (C=O) groups is 1. The number of methoxy groups -OCH3 is 1. The second kappa shape index (κ2) is 9.45. The Hall–Kier alpha value is -3.64. The predicted octanol–water partition coefficient (Wildman–Crippen LogP) is 5.64. The van der Waals surface area contributed by atoms with Crippen LogP contribution in [-0.4, -0.2) is 23.2 Å². The molecule has 2 aromatic heterocycles. The lowest BCUT2D eigenvalue weighted by molar-refractivity contribution is -0.116. The van der Waals surface area contributed by atoms with Crippen molar-refractivity contribution in [2.45, 2.75) is 12.8 Å². The van der Waals surface area contributed by atoms with Crippen molar-refractivity contribution in [3.8, 4) is 28.1 Å². The first-order valence-corrected chi connectivity index (χ1v) is 10.1. The lowest BCUT2D eigenvalue weighted by atomic mass is 10.0. The highest BCUT2D eigenvalue weighted by atomic mass is 35.5. The monoisotopic (exact) mass is 433 g/mol. The highest BCUT2D eigenvalue weighted by Crippen LogP contribution is 2.38. The second-order valence-electron chi connectivity index (χ2n) is 6.84. The van der Waals surface area contributed by atoms with Crippen LogP contribution in [0.1, 0.15) is 12.0 Å². The molecule has 2 heterocycles. The van der Waals surface area contributed by atoms with Gasteiger partial charge in [0.05, 0.1) is 12.7 Å². The molecule has 6 nitrogen and oxygen atoms in total. The minimum Gasteiger partial charge on any atom is -0.497 e. The molecule has 0 bridgehead atoms. The zero-order valence-electron chi connectivity index (χ0n) is 16.8. The summed E-state index contributed by atoms with van der Waals surface area (Å²) in [6, 6.07) is 18.7. The number of aryl methyl sites for hydroxylation is 1. The molecule has 0 aliphatic carbocycles. The molecule has 0 fully saturated rings. The topological polar surface area (TPSA) is 77.3 Å². The molecule has 0 radical (unpaired) electrons. The number of nitrogens with one attached hydrogen (secondary N) is 1. The average molecular weight is 434 g/mol. The number of halogens is 1. The van der Waals surface area contributed by atoms with E-state index < -0.39 is 0 Å². The number of nitrogens with zero attached hydrogens (tertiary/aromatic N) is 2. The second-order valence-corrected chi connectivity index (χ2v) is 7.25. The highest BCUT2D eigenvalue weighted by molar-refractivity contribution is 6.31. The van der Waals surface area contributed by atoms with E-state index >= 15 is 0 Å². The van der Waals surface area contributed by atoms with E-state index in [-0.39, 0.29) is 12.3 Å². The summed E-state index contributed by atoms with van der Waals surface area (Å²) >= 11 is 6.19. The quantitative estimate of drug-likeness (QED) is 0.408. The van der Waals surface area contributed by atoms with Gasteiger partial charge < -0.3 is 9.26 Å². The molecule has 0 saturated heterocycles. The molecule has 0 saturated carbocycles. The molecule has 0 unspecified atom stereocenters. The van der Waals surface area contributed by atoms with Crippen LogP contribution in [0.2, 0.25) is 5.02 Å². The van der Waals surface area contributed by atoms with Crippen molar-refractivity contribution in [1.82, 2.24) is 10.1 Å². The van der Waals surface area contributed by atoms with Crippen molar-refractivity contribution < 1.29 is 14.1 Å². The summed E-state index contributed by atoms with van der Waals surface area (Å²) in [7, 11) is 1.61. The normalized spacial score (nSPS) is 10.6. The fourth-order valence-corrected chi connectivity index (χ4v) is 3.48. The minimum atomic E-state index is -0.187. The fourth-order valence-electron chi connectivity index (χ4n) is 3.25. The molecule has 0 aliphatic rings. The van der Waals surface area contributed by atoms with Crippen LogP contribution in [0.4, 0.5) is 5.88 Å². The van der Waals surface area contributed by atoms with E-state index in [0.717, 1.165) is 22.4 Å². The van der Waals surface area contributed by atoms with E-state index in [2.05, 4.69) is 15.5 Å². The first-order valence-electron chi connectivity index (χ1n) is 9.73. The number of pyridine rings is 1. The number of hydrogen-bond donors (Lipinski definition) is 1. The van der Waals surface area contributed by atoms with Crippen LogP contribution in [0.3, 0.4) is 0 Å². The van der Waals surface area contributed by atoms with E-state index in [1.165, 1.54) is 0 Å². The number of rotatable bonds is 7. The number of benzene rings is 2. The van der Waals surface area contributed by atoms with Crippen molar-refractivity contribution in [2.75, 3.05) is 12.4 Å². The Morgan fingerprint density at radius 3 is 2.48 bits per heavy atom. The third-order valence-electron chi connectivity index (χ3n) is 4.86. The van der Waals surface area contributed by atoms with Gasteiger partial charge in [0, 0.05) is 29.4 Å². The predicted molar refractivity (Wildman–Crippen MR) is 120 cm³/mol. The molecular weight excluding hydrogens is 414 g/mol. The molecule has 0 aliphatic heterocycles. The summed E-state index contributed by atoms with van der Waals surface area (Å²) in [5.74, 6) is 0.847. The van der Waals surface area contributed by atoms with E-state index in [9.17, 15) is 4.79 Å². The first-order chi connectivity index (χ1) is 15.2. The molecule has 1 N–H and O–H groups in total. The van der Waals surface area contributed by atoms with Gasteiger partial charge in [-0.05, 0) is 60.0 Å². The Morgan fingerprint density at radius 1 is 1.03 bits per heavy atom. The van der Waals surface area contributed by atoms with Crippen molar-refractivity contribution in [3.05, 3.63) is 83.6 Å². The maximum absolute atomic E-state index is 12.6. The van der Waals surface area contributed by atoms with Gasteiger partial charge in [0.25, 0.3) is 0 Å². The van der Waals surface area contributed by atoms with E-state index in [1.54, 1.807) is 19.5 Å². The Bertz CT molecular complexity index is 1170. The Kier molecular flexibility index (Phi) is 6.29. The lowest BCUT2D eigenvalue weighted by Crippen LogP contribution is -2.12. The molecule has 31 heavy (non-hydrogen) atoms. The minimum absolute atomic E-state index is 0.187. The largest absolute Gasteiger partial charge is 0.497 e. The summed E-state index contributed by atoms with van der Waals surface area (Å²) < 4.78 is 10.8. The molecule has 1 amide bonds. The maximum atomic E-state index is 12.6. The Balaban J connectivity index is 1.60. The van der Waals surface area contributed by atoms with Crippen molar-refractivity contribution >= 4 is 23.4 Å². The summed E-state index contributed by atoms with van der Waals surface area (Å²) in [6.45, 7) is 0. The fraction of sp³-hybridized carbons (Fsp3) is 0.125. The summed E-state index contributed by atoms with van der Waals surface area (Å²) in [4.78, 5) is 16.7. The van der Waals surface area contributed by atoms with E-state index in [1.807, 2.05) is 60.7 Å². The molecule has 4 aromatic rings. The molecule has 4 rings (SSSR count). The number of anilines is 1. The SMILES string of the molecule is COc1ccc(-c2noc(NC(=O)CCc3ccccc3Cl)c2-c2ccncc2)cc1. The van der Waals surface area contributed by atoms with Crippen LogP contribution in [-0.2, 0) is 11.2 Å². The van der Waals surface area contributed by atoms with Gasteiger partial charge in [0.1, 0.15) is 11.4 Å². The van der Waals surface area contributed by atoms with Gasteiger partial charge >= 0.3 is 0 Å². The zero-order chi connectivity index (χ0) is 21.6. The zero-order valence-corrected chi connectivity index (χ0v) is 17.6. The molecule has 0 atom stereocenters. The standard InChI is InChI=1S/C24H20ClN3O3/c1-30-19-9-6-18(7-10-19)23-22(17-12-14-26-15-13-17)24(31-28-23)27-21(29)11-8-16-4-2-3-5-20(16)25/h2-7,9-10,12-15H,8,11H2,1H3,(H,27,29). The summed E-state index contributed by atoms with van der Waals surface area (Å²) in [5, 5.41) is 7.73. The van der Waals surface area contributed by atoms with Gasteiger partial charge in [-0.3, -0.25) is 15.1 Å². The number of hydrogen-bond acceptors (Lipinski definition) is 5. The third kappa shape index (κ3) is 4.75. The molecule has 156 valence electrons. The maximum Gasteiger partial charge on any atom is 0.239 e. The summed E-state index contributed by atoms with van der Waals surface area (Å²) in [5.41, 5.74) is 3.91. The average Bonchev–Trinajstić information content (AvgIpc) is 3.22. The van der Waals surface area contributed by atoms with E-state index in [0.29, 0.717) is 28.6 Å². The van der Waals surface area contributed by atoms with Crippen LogP contribution in [0.5, 0.6) is 5.75 Å².